The third-order valence-corrected chi connectivity index (χ3v) is 3.79. The van der Waals surface area contributed by atoms with Crippen LogP contribution in [0.15, 0.2) is 0 Å². The molecule has 112 valence electrons. The van der Waals surface area contributed by atoms with E-state index in [1.165, 1.54) is 4.90 Å². The summed E-state index contributed by atoms with van der Waals surface area (Å²) in [5.74, 6) is -1.45. The SMILES string of the molecule is CC(CN(C)C(=O)NC1CC(=O)N(C2CC2)C1)C(=O)O. The normalized spacial score (nSPS) is 23.6. The Labute approximate surface area is 117 Å². The highest BCUT2D eigenvalue weighted by atomic mass is 16.4. The van der Waals surface area contributed by atoms with Crippen molar-refractivity contribution < 1.29 is 19.5 Å². The molecule has 1 aliphatic heterocycles. The minimum absolute atomic E-state index is 0.0966. The standard InChI is InChI=1S/C13H21N3O4/c1-8(12(18)19)6-15(2)13(20)14-9-5-11(17)16(7-9)10-3-4-10/h8-10H,3-7H2,1-2H3,(H,14,20)(H,18,19). The van der Waals surface area contributed by atoms with E-state index in [1.807, 2.05) is 4.90 Å². The average molecular weight is 283 g/mol. The van der Waals surface area contributed by atoms with Gasteiger partial charge in [0.1, 0.15) is 0 Å². The predicted octanol–water partition coefficient (Wildman–Crippen LogP) is 0.112. The minimum Gasteiger partial charge on any atom is -0.481 e. The van der Waals surface area contributed by atoms with Gasteiger partial charge in [0, 0.05) is 32.6 Å². The number of hydrogen-bond acceptors (Lipinski definition) is 3. The largest absolute Gasteiger partial charge is 0.481 e. The number of likely N-dealkylation sites (tertiary alicyclic amines) is 1. The Morgan fingerprint density at radius 1 is 1.50 bits per heavy atom. The fourth-order valence-electron chi connectivity index (χ4n) is 2.42. The van der Waals surface area contributed by atoms with E-state index in [-0.39, 0.29) is 24.5 Å². The maximum atomic E-state index is 11.9. The van der Waals surface area contributed by atoms with Crippen molar-refractivity contribution in [2.24, 2.45) is 5.92 Å². The molecule has 3 amide bonds. The van der Waals surface area contributed by atoms with E-state index in [0.717, 1.165) is 12.8 Å². The number of aliphatic carboxylic acids is 1. The molecule has 2 N–H and O–H groups in total. The second-order valence-electron chi connectivity index (χ2n) is 5.75. The van der Waals surface area contributed by atoms with Crippen molar-refractivity contribution in [3.05, 3.63) is 0 Å². The van der Waals surface area contributed by atoms with Crippen molar-refractivity contribution in [3.63, 3.8) is 0 Å². The van der Waals surface area contributed by atoms with Crippen LogP contribution < -0.4 is 5.32 Å². The maximum Gasteiger partial charge on any atom is 0.317 e. The Morgan fingerprint density at radius 3 is 2.70 bits per heavy atom. The van der Waals surface area contributed by atoms with Crippen LogP contribution in [-0.2, 0) is 9.59 Å². The van der Waals surface area contributed by atoms with E-state index >= 15 is 0 Å². The Kier molecular flexibility index (Phi) is 4.15. The molecular weight excluding hydrogens is 262 g/mol. The lowest BCUT2D eigenvalue weighted by Gasteiger charge is -2.22. The predicted molar refractivity (Wildman–Crippen MR) is 71.1 cm³/mol. The smallest absolute Gasteiger partial charge is 0.317 e. The molecule has 0 aromatic heterocycles. The van der Waals surface area contributed by atoms with Crippen LogP contribution in [0.4, 0.5) is 4.79 Å². The van der Waals surface area contributed by atoms with Crippen LogP contribution >= 0.6 is 0 Å². The molecule has 1 heterocycles. The minimum atomic E-state index is -0.930. The van der Waals surface area contributed by atoms with Gasteiger partial charge in [0.25, 0.3) is 0 Å². The molecule has 2 rings (SSSR count). The third kappa shape index (κ3) is 3.40. The zero-order valence-electron chi connectivity index (χ0n) is 11.8. The molecule has 20 heavy (non-hydrogen) atoms. The number of carboxylic acids is 1. The number of carboxylic acid groups (broad SMARTS) is 1. The molecule has 2 unspecified atom stereocenters. The highest BCUT2D eigenvalue weighted by molar-refractivity contribution is 5.82. The van der Waals surface area contributed by atoms with E-state index in [2.05, 4.69) is 5.32 Å². The van der Waals surface area contributed by atoms with Crippen molar-refractivity contribution in [3.8, 4) is 0 Å². The van der Waals surface area contributed by atoms with Crippen LogP contribution in [-0.4, -0.2) is 65.0 Å². The molecule has 0 radical (unpaired) electrons. The third-order valence-electron chi connectivity index (χ3n) is 3.79. The number of carbonyl (C=O) groups excluding carboxylic acids is 2. The molecule has 7 nitrogen and oxygen atoms in total. The number of nitrogens with zero attached hydrogens (tertiary/aromatic N) is 2. The molecule has 0 aromatic carbocycles. The Bertz CT molecular complexity index is 422. The molecule has 1 aliphatic carbocycles. The number of urea groups is 1. The first-order valence-electron chi connectivity index (χ1n) is 6.92. The van der Waals surface area contributed by atoms with Gasteiger partial charge in [0.2, 0.25) is 5.91 Å². The summed E-state index contributed by atoms with van der Waals surface area (Å²) in [7, 11) is 1.56. The van der Waals surface area contributed by atoms with E-state index in [1.54, 1.807) is 14.0 Å². The maximum absolute atomic E-state index is 11.9. The molecule has 0 spiro atoms. The van der Waals surface area contributed by atoms with Gasteiger partial charge in [-0.1, -0.05) is 6.92 Å². The number of amides is 3. The molecule has 1 saturated carbocycles. The molecule has 0 bridgehead atoms. The molecule has 2 fully saturated rings. The van der Waals surface area contributed by atoms with Crippen molar-refractivity contribution in [2.75, 3.05) is 20.1 Å². The lowest BCUT2D eigenvalue weighted by Crippen LogP contribution is -2.46. The molecule has 2 atom stereocenters. The Balaban J connectivity index is 1.79. The first kappa shape index (κ1) is 14.6. The van der Waals surface area contributed by atoms with Crippen molar-refractivity contribution >= 4 is 17.9 Å². The van der Waals surface area contributed by atoms with Gasteiger partial charge >= 0.3 is 12.0 Å². The van der Waals surface area contributed by atoms with Crippen LogP contribution in [0, 0.1) is 5.92 Å². The van der Waals surface area contributed by atoms with Gasteiger partial charge in [-0.05, 0) is 12.8 Å². The van der Waals surface area contributed by atoms with Crippen molar-refractivity contribution in [1.29, 1.82) is 0 Å². The summed E-state index contributed by atoms with van der Waals surface area (Å²) in [5, 5.41) is 11.6. The summed E-state index contributed by atoms with van der Waals surface area (Å²) < 4.78 is 0. The summed E-state index contributed by atoms with van der Waals surface area (Å²) >= 11 is 0. The highest BCUT2D eigenvalue weighted by Crippen LogP contribution is 2.30. The first-order chi connectivity index (χ1) is 9.38. The topological polar surface area (TPSA) is 90.0 Å². The average Bonchev–Trinajstić information content (AvgIpc) is 3.14. The monoisotopic (exact) mass is 283 g/mol. The molecule has 2 aliphatic rings. The summed E-state index contributed by atoms with van der Waals surface area (Å²) in [6, 6.07) is -0.124. The Morgan fingerprint density at radius 2 is 2.15 bits per heavy atom. The van der Waals surface area contributed by atoms with Gasteiger partial charge in [-0.15, -0.1) is 0 Å². The van der Waals surface area contributed by atoms with Gasteiger partial charge in [0.15, 0.2) is 0 Å². The number of nitrogens with one attached hydrogen (secondary N) is 1. The van der Waals surface area contributed by atoms with Crippen LogP contribution in [0.3, 0.4) is 0 Å². The van der Waals surface area contributed by atoms with Gasteiger partial charge < -0.3 is 20.2 Å². The van der Waals surface area contributed by atoms with Gasteiger partial charge in [-0.25, -0.2) is 4.79 Å². The van der Waals surface area contributed by atoms with Crippen molar-refractivity contribution in [1.82, 2.24) is 15.1 Å². The number of rotatable bonds is 5. The molecule has 7 heteroatoms. The highest BCUT2D eigenvalue weighted by Gasteiger charge is 2.39. The number of hydrogen-bond donors (Lipinski definition) is 2. The fourth-order valence-corrected chi connectivity index (χ4v) is 2.42. The van der Waals surface area contributed by atoms with Gasteiger partial charge in [-0.2, -0.15) is 0 Å². The molecular formula is C13H21N3O4. The summed E-state index contributed by atoms with van der Waals surface area (Å²) in [5.41, 5.74) is 0. The van der Waals surface area contributed by atoms with Crippen molar-refractivity contribution in [2.45, 2.75) is 38.3 Å². The van der Waals surface area contributed by atoms with Crippen LogP contribution in [0.25, 0.3) is 0 Å². The van der Waals surface area contributed by atoms with E-state index < -0.39 is 11.9 Å². The fraction of sp³-hybridized carbons (Fsp3) is 0.769. The second-order valence-corrected chi connectivity index (χ2v) is 5.75. The van der Waals surface area contributed by atoms with E-state index in [9.17, 15) is 14.4 Å². The van der Waals surface area contributed by atoms with Gasteiger partial charge in [0.05, 0.1) is 12.0 Å². The summed E-state index contributed by atoms with van der Waals surface area (Å²) in [4.78, 5) is 37.7. The number of carbonyl (C=O) groups is 3. The molecule has 0 aromatic rings. The lowest BCUT2D eigenvalue weighted by atomic mass is 10.2. The summed E-state index contributed by atoms with van der Waals surface area (Å²) in [6.45, 7) is 2.27. The van der Waals surface area contributed by atoms with Crippen LogP contribution in [0.1, 0.15) is 26.2 Å². The zero-order valence-corrected chi connectivity index (χ0v) is 11.8. The van der Waals surface area contributed by atoms with Crippen LogP contribution in [0.2, 0.25) is 0 Å². The zero-order chi connectivity index (χ0) is 14.9. The quantitative estimate of drug-likeness (QED) is 0.749. The Hall–Kier alpha value is -1.79. The first-order valence-corrected chi connectivity index (χ1v) is 6.92. The summed E-state index contributed by atoms with van der Waals surface area (Å²) in [6.07, 6.45) is 2.45. The van der Waals surface area contributed by atoms with E-state index in [0.29, 0.717) is 19.0 Å². The second kappa shape index (κ2) is 5.68. The van der Waals surface area contributed by atoms with E-state index in [4.69, 9.17) is 5.11 Å². The van der Waals surface area contributed by atoms with Gasteiger partial charge in [-0.3, -0.25) is 9.59 Å². The van der Waals surface area contributed by atoms with Crippen LogP contribution in [0.5, 0.6) is 0 Å². The molecule has 1 saturated heterocycles. The lowest BCUT2D eigenvalue weighted by molar-refractivity contribution is -0.141.